The zero-order chi connectivity index (χ0) is 18.6. The maximum Gasteiger partial charge on any atom is 0.373 e. The molecule has 1 aromatic rings. The minimum Gasteiger partial charge on any atom is -0.463 e. The van der Waals surface area contributed by atoms with Gasteiger partial charge in [0.15, 0.2) is 0 Å². The van der Waals surface area contributed by atoms with Gasteiger partial charge in [0.2, 0.25) is 5.76 Å². The largest absolute Gasteiger partial charge is 0.463 e. The van der Waals surface area contributed by atoms with Gasteiger partial charge >= 0.3 is 11.9 Å². The molecule has 0 bridgehead atoms. The fourth-order valence-electron chi connectivity index (χ4n) is 2.50. The fourth-order valence-corrected chi connectivity index (χ4v) is 3.02. The number of esters is 2. The summed E-state index contributed by atoms with van der Waals surface area (Å²) in [5.74, 6) is -1.49. The minimum atomic E-state index is -0.614. The molecule has 0 N–H and O–H groups in total. The Kier molecular flexibility index (Phi) is 6.51. The third kappa shape index (κ3) is 4.35. The second kappa shape index (κ2) is 8.41. The Morgan fingerprint density at radius 2 is 1.76 bits per heavy atom. The quantitative estimate of drug-likeness (QED) is 0.704. The van der Waals surface area contributed by atoms with Crippen LogP contribution >= 0.6 is 23.2 Å². The summed E-state index contributed by atoms with van der Waals surface area (Å²) in [5, 5.41) is 0.835. The second-order valence-electron chi connectivity index (χ2n) is 5.19. The molecule has 1 atom stereocenters. The van der Waals surface area contributed by atoms with Crippen LogP contribution in [0, 0.1) is 0 Å². The van der Waals surface area contributed by atoms with Crippen molar-refractivity contribution in [1.29, 1.82) is 0 Å². The Morgan fingerprint density at radius 3 is 2.36 bits per heavy atom. The number of ether oxygens (including phenoxy) is 3. The summed E-state index contributed by atoms with van der Waals surface area (Å²) in [4.78, 5) is 24.5. The highest BCUT2D eigenvalue weighted by atomic mass is 35.5. The van der Waals surface area contributed by atoms with Crippen LogP contribution in [0.5, 0.6) is 0 Å². The lowest BCUT2D eigenvalue weighted by molar-refractivity contribution is -0.143. The number of allylic oxidation sites excluding steroid dienone is 2. The highest BCUT2D eigenvalue weighted by Gasteiger charge is 2.33. The third-order valence-electron chi connectivity index (χ3n) is 3.54. The molecule has 0 aliphatic carbocycles. The summed E-state index contributed by atoms with van der Waals surface area (Å²) in [6, 6.07) is 4.94. The number of carbonyl (C=O) groups excluding carboxylic acids is 2. The van der Waals surface area contributed by atoms with Gasteiger partial charge in [0, 0.05) is 16.0 Å². The molecular formula is C18H18Cl2O5. The summed E-state index contributed by atoms with van der Waals surface area (Å²) >= 11 is 12.3. The first-order chi connectivity index (χ1) is 11.9. The Morgan fingerprint density at radius 1 is 1.12 bits per heavy atom. The number of carbonyl (C=O) groups is 2. The van der Waals surface area contributed by atoms with Crippen molar-refractivity contribution in [3.63, 3.8) is 0 Å². The van der Waals surface area contributed by atoms with Gasteiger partial charge in [0.1, 0.15) is 5.76 Å². The van der Waals surface area contributed by atoms with Crippen LogP contribution in [-0.4, -0.2) is 25.2 Å². The molecule has 0 fully saturated rings. The van der Waals surface area contributed by atoms with E-state index in [9.17, 15) is 9.59 Å². The van der Waals surface area contributed by atoms with E-state index in [4.69, 9.17) is 37.4 Å². The zero-order valence-electron chi connectivity index (χ0n) is 14.1. The van der Waals surface area contributed by atoms with Gasteiger partial charge in [-0.2, -0.15) is 0 Å². The van der Waals surface area contributed by atoms with Crippen LogP contribution in [0.2, 0.25) is 10.0 Å². The number of rotatable bonds is 5. The summed E-state index contributed by atoms with van der Waals surface area (Å²) in [6.07, 6.45) is 1.51. The van der Waals surface area contributed by atoms with Crippen molar-refractivity contribution in [1.82, 2.24) is 0 Å². The normalized spacial score (nSPS) is 16.8. The molecule has 1 aromatic carbocycles. The molecule has 0 spiro atoms. The third-order valence-corrected chi connectivity index (χ3v) is 4.10. The molecule has 0 radical (unpaired) electrons. The summed E-state index contributed by atoms with van der Waals surface area (Å²) in [6.45, 7) is 5.42. The summed E-state index contributed by atoms with van der Waals surface area (Å²) in [5.41, 5.74) is 0.887. The topological polar surface area (TPSA) is 61.8 Å². The van der Waals surface area contributed by atoms with E-state index in [1.54, 1.807) is 39.0 Å². The molecule has 1 aliphatic heterocycles. The van der Waals surface area contributed by atoms with Gasteiger partial charge in [-0.15, -0.1) is 0 Å². The van der Waals surface area contributed by atoms with Crippen molar-refractivity contribution in [2.45, 2.75) is 26.7 Å². The number of hydrogen-bond donors (Lipinski definition) is 0. The first-order valence-corrected chi connectivity index (χ1v) is 8.54. The highest BCUT2D eigenvalue weighted by molar-refractivity contribution is 6.35. The van der Waals surface area contributed by atoms with E-state index in [1.807, 2.05) is 0 Å². The molecule has 7 heteroatoms. The highest BCUT2D eigenvalue weighted by Crippen LogP contribution is 2.39. The average molecular weight is 385 g/mol. The zero-order valence-corrected chi connectivity index (χ0v) is 15.6. The van der Waals surface area contributed by atoms with Crippen LogP contribution in [0.1, 0.15) is 32.3 Å². The Labute approximate surface area is 156 Å². The van der Waals surface area contributed by atoms with Crippen LogP contribution in [-0.2, 0) is 23.8 Å². The SMILES string of the molecule is CCOC(=O)C1=CC(c2ccc(Cl)cc2Cl)C(C(=O)OCC)=C(C)O1. The van der Waals surface area contributed by atoms with E-state index in [2.05, 4.69) is 0 Å². The van der Waals surface area contributed by atoms with Gasteiger partial charge in [-0.05, 0) is 44.5 Å². The first-order valence-electron chi connectivity index (χ1n) is 7.78. The van der Waals surface area contributed by atoms with Crippen LogP contribution in [0.25, 0.3) is 0 Å². The molecule has 5 nitrogen and oxygen atoms in total. The standard InChI is InChI=1S/C18H18Cl2O5/c1-4-23-17(21)15-9-13(12-7-6-11(19)8-14(12)20)16(10(3)25-15)18(22)24-5-2/h6-9,13H,4-5H2,1-3H3. The molecule has 1 unspecified atom stereocenters. The fraction of sp³-hybridized carbons (Fsp3) is 0.333. The van der Waals surface area contributed by atoms with Crippen molar-refractivity contribution in [2.75, 3.05) is 13.2 Å². The van der Waals surface area contributed by atoms with Crippen LogP contribution < -0.4 is 0 Å². The maximum absolute atomic E-state index is 12.4. The molecular weight excluding hydrogens is 367 g/mol. The summed E-state index contributed by atoms with van der Waals surface area (Å²) in [7, 11) is 0. The van der Waals surface area contributed by atoms with Crippen molar-refractivity contribution in [3.05, 3.63) is 57.0 Å². The van der Waals surface area contributed by atoms with E-state index >= 15 is 0 Å². The van der Waals surface area contributed by atoms with Crippen molar-refractivity contribution in [2.24, 2.45) is 0 Å². The Hall–Kier alpha value is -1.98. The number of hydrogen-bond acceptors (Lipinski definition) is 5. The second-order valence-corrected chi connectivity index (χ2v) is 6.03. The first kappa shape index (κ1) is 19.3. The molecule has 2 rings (SSSR count). The predicted octanol–water partition coefficient (Wildman–Crippen LogP) is 4.39. The smallest absolute Gasteiger partial charge is 0.373 e. The van der Waals surface area contributed by atoms with Crippen LogP contribution in [0.3, 0.4) is 0 Å². The van der Waals surface area contributed by atoms with Gasteiger partial charge < -0.3 is 14.2 Å². The molecule has 0 aromatic heterocycles. The van der Waals surface area contributed by atoms with E-state index in [-0.39, 0.29) is 30.3 Å². The molecule has 134 valence electrons. The molecule has 25 heavy (non-hydrogen) atoms. The average Bonchev–Trinajstić information content (AvgIpc) is 2.54. The van der Waals surface area contributed by atoms with Crippen LogP contribution in [0.4, 0.5) is 0 Å². The van der Waals surface area contributed by atoms with Crippen LogP contribution in [0.15, 0.2) is 41.4 Å². The van der Waals surface area contributed by atoms with E-state index in [0.717, 1.165) is 0 Å². The van der Waals surface area contributed by atoms with Gasteiger partial charge in [-0.1, -0.05) is 29.3 Å². The predicted molar refractivity (Wildman–Crippen MR) is 94.3 cm³/mol. The van der Waals surface area contributed by atoms with E-state index in [0.29, 0.717) is 15.6 Å². The lowest BCUT2D eigenvalue weighted by atomic mass is 9.88. The maximum atomic E-state index is 12.4. The van der Waals surface area contributed by atoms with Crippen molar-refractivity contribution in [3.8, 4) is 0 Å². The van der Waals surface area contributed by atoms with E-state index < -0.39 is 17.9 Å². The molecule has 0 amide bonds. The van der Waals surface area contributed by atoms with Gasteiger partial charge in [-0.25, -0.2) is 9.59 Å². The van der Waals surface area contributed by atoms with E-state index in [1.165, 1.54) is 6.08 Å². The molecule has 0 saturated heterocycles. The van der Waals surface area contributed by atoms with Crippen molar-refractivity contribution < 1.29 is 23.8 Å². The van der Waals surface area contributed by atoms with Gasteiger partial charge in [0.25, 0.3) is 0 Å². The van der Waals surface area contributed by atoms with Gasteiger partial charge in [0.05, 0.1) is 18.8 Å². The monoisotopic (exact) mass is 384 g/mol. The lowest BCUT2D eigenvalue weighted by Gasteiger charge is -2.25. The molecule has 1 heterocycles. The minimum absolute atomic E-state index is 0.00316. The molecule has 1 aliphatic rings. The Bertz CT molecular complexity index is 752. The Balaban J connectivity index is 2.54. The van der Waals surface area contributed by atoms with Gasteiger partial charge in [-0.3, -0.25) is 0 Å². The molecule has 0 saturated carbocycles. The summed E-state index contributed by atoms with van der Waals surface area (Å²) < 4.78 is 15.6. The number of halogens is 2. The number of benzene rings is 1. The van der Waals surface area contributed by atoms with Crippen molar-refractivity contribution >= 4 is 35.1 Å². The lowest BCUT2D eigenvalue weighted by Crippen LogP contribution is -2.23.